The number of hydrogen-bond acceptors (Lipinski definition) is 2. The molecule has 0 aliphatic rings. The number of hydrogen-bond donors (Lipinski definition) is 1. The highest BCUT2D eigenvalue weighted by molar-refractivity contribution is 5.82. The van der Waals surface area contributed by atoms with Crippen molar-refractivity contribution in [2.45, 2.75) is 47.2 Å². The van der Waals surface area contributed by atoms with Crippen molar-refractivity contribution in [1.29, 1.82) is 0 Å². The van der Waals surface area contributed by atoms with Gasteiger partial charge in [-0.25, -0.2) is 0 Å². The second-order valence-corrected chi connectivity index (χ2v) is 6.47. The van der Waals surface area contributed by atoms with E-state index in [9.17, 15) is 4.79 Å². The fourth-order valence-electron chi connectivity index (χ4n) is 1.96. The van der Waals surface area contributed by atoms with Crippen LogP contribution in [0.3, 0.4) is 0 Å². The van der Waals surface area contributed by atoms with Gasteiger partial charge in [0.05, 0.1) is 6.04 Å². The molecule has 106 valence electrons. The normalized spacial score (nSPS) is 13.2. The molecule has 1 aromatic rings. The Morgan fingerprint density at radius 2 is 1.89 bits per heavy atom. The Hall–Kier alpha value is -1.35. The predicted octanol–water partition coefficient (Wildman–Crippen LogP) is 2.64. The average Bonchev–Trinajstić information content (AvgIpc) is 2.29. The van der Waals surface area contributed by atoms with Gasteiger partial charge in [0, 0.05) is 13.6 Å². The Balaban J connectivity index is 2.79. The van der Waals surface area contributed by atoms with E-state index < -0.39 is 6.04 Å². The van der Waals surface area contributed by atoms with Crippen LogP contribution in [0, 0.1) is 19.3 Å². The van der Waals surface area contributed by atoms with Gasteiger partial charge in [0.1, 0.15) is 0 Å². The van der Waals surface area contributed by atoms with E-state index >= 15 is 0 Å². The highest BCUT2D eigenvalue weighted by Gasteiger charge is 2.29. The van der Waals surface area contributed by atoms with E-state index in [0.29, 0.717) is 6.54 Å². The van der Waals surface area contributed by atoms with Crippen molar-refractivity contribution in [2.75, 3.05) is 7.05 Å². The second kappa shape index (κ2) is 5.74. The van der Waals surface area contributed by atoms with E-state index in [-0.39, 0.29) is 11.3 Å². The van der Waals surface area contributed by atoms with E-state index in [1.54, 1.807) is 4.90 Å². The van der Waals surface area contributed by atoms with Crippen molar-refractivity contribution in [3.8, 4) is 0 Å². The van der Waals surface area contributed by atoms with Crippen LogP contribution in [0.2, 0.25) is 0 Å². The van der Waals surface area contributed by atoms with E-state index in [1.165, 1.54) is 16.7 Å². The minimum Gasteiger partial charge on any atom is -0.340 e. The van der Waals surface area contributed by atoms with Crippen LogP contribution in [0.15, 0.2) is 18.2 Å². The van der Waals surface area contributed by atoms with Crippen molar-refractivity contribution >= 4 is 5.91 Å². The molecule has 3 nitrogen and oxygen atoms in total. The number of benzene rings is 1. The topological polar surface area (TPSA) is 46.3 Å². The summed E-state index contributed by atoms with van der Waals surface area (Å²) in [6.07, 6.45) is 0. The zero-order chi connectivity index (χ0) is 14.8. The molecule has 1 amide bonds. The minimum absolute atomic E-state index is 0.00697. The van der Waals surface area contributed by atoms with Crippen LogP contribution in [0.25, 0.3) is 0 Å². The van der Waals surface area contributed by atoms with E-state index in [4.69, 9.17) is 5.73 Å². The quantitative estimate of drug-likeness (QED) is 0.910. The lowest BCUT2D eigenvalue weighted by atomic mass is 9.86. The van der Waals surface area contributed by atoms with Gasteiger partial charge in [-0.2, -0.15) is 0 Å². The fraction of sp³-hybridized carbons (Fsp3) is 0.562. The summed E-state index contributed by atoms with van der Waals surface area (Å²) in [6, 6.07) is 5.82. The van der Waals surface area contributed by atoms with Crippen molar-refractivity contribution in [3.05, 3.63) is 34.9 Å². The Kier molecular flexibility index (Phi) is 4.75. The summed E-state index contributed by atoms with van der Waals surface area (Å²) in [5.41, 5.74) is 9.42. The lowest BCUT2D eigenvalue weighted by Crippen LogP contribution is -2.48. The molecular formula is C16H26N2O. The Morgan fingerprint density at radius 3 is 2.37 bits per heavy atom. The van der Waals surface area contributed by atoms with Gasteiger partial charge in [-0.3, -0.25) is 4.79 Å². The highest BCUT2D eigenvalue weighted by atomic mass is 16.2. The third kappa shape index (κ3) is 4.06. The van der Waals surface area contributed by atoms with Gasteiger partial charge in [-0.1, -0.05) is 44.5 Å². The number of aryl methyl sites for hydroxylation is 2. The van der Waals surface area contributed by atoms with Crippen LogP contribution in [-0.4, -0.2) is 23.9 Å². The molecule has 0 saturated carbocycles. The fourth-order valence-corrected chi connectivity index (χ4v) is 1.96. The zero-order valence-electron chi connectivity index (χ0n) is 12.9. The molecular weight excluding hydrogens is 236 g/mol. The first-order valence-corrected chi connectivity index (χ1v) is 6.69. The number of carbonyl (C=O) groups is 1. The lowest BCUT2D eigenvalue weighted by molar-refractivity contribution is -0.134. The van der Waals surface area contributed by atoms with Gasteiger partial charge in [-0.15, -0.1) is 0 Å². The molecule has 0 fully saturated rings. The lowest BCUT2D eigenvalue weighted by Gasteiger charge is -2.30. The number of nitrogens with zero attached hydrogens (tertiary/aromatic N) is 1. The third-order valence-corrected chi connectivity index (χ3v) is 3.48. The molecule has 2 N–H and O–H groups in total. The molecule has 0 aromatic heterocycles. The molecule has 19 heavy (non-hydrogen) atoms. The maximum absolute atomic E-state index is 12.3. The van der Waals surface area contributed by atoms with Crippen LogP contribution in [0.1, 0.15) is 37.5 Å². The van der Waals surface area contributed by atoms with Gasteiger partial charge in [0.15, 0.2) is 0 Å². The molecule has 0 heterocycles. The molecule has 1 atom stereocenters. The van der Waals surface area contributed by atoms with E-state index in [0.717, 1.165) is 0 Å². The summed E-state index contributed by atoms with van der Waals surface area (Å²) in [5, 5.41) is 0. The number of likely N-dealkylation sites (N-methyl/N-ethyl adjacent to an activating group) is 1. The van der Waals surface area contributed by atoms with Gasteiger partial charge < -0.3 is 10.6 Å². The van der Waals surface area contributed by atoms with E-state index in [1.807, 2.05) is 27.8 Å². The molecule has 0 aliphatic carbocycles. The van der Waals surface area contributed by atoms with Crippen molar-refractivity contribution < 1.29 is 4.79 Å². The second-order valence-electron chi connectivity index (χ2n) is 6.47. The Bertz CT molecular complexity index is 460. The smallest absolute Gasteiger partial charge is 0.240 e. The molecule has 0 saturated heterocycles. The maximum Gasteiger partial charge on any atom is 0.240 e. The Labute approximate surface area is 116 Å². The van der Waals surface area contributed by atoms with Crippen molar-refractivity contribution in [3.63, 3.8) is 0 Å². The monoisotopic (exact) mass is 262 g/mol. The number of carbonyl (C=O) groups excluding carboxylic acids is 1. The highest BCUT2D eigenvalue weighted by Crippen LogP contribution is 2.20. The maximum atomic E-state index is 12.3. The molecule has 1 rings (SSSR count). The molecule has 3 heteroatoms. The zero-order valence-corrected chi connectivity index (χ0v) is 12.9. The minimum atomic E-state index is -0.469. The molecule has 1 aromatic carbocycles. The van der Waals surface area contributed by atoms with Crippen LogP contribution in [-0.2, 0) is 11.3 Å². The largest absolute Gasteiger partial charge is 0.340 e. The summed E-state index contributed by atoms with van der Waals surface area (Å²) in [7, 11) is 1.81. The average molecular weight is 262 g/mol. The van der Waals surface area contributed by atoms with Crippen molar-refractivity contribution in [1.82, 2.24) is 4.90 Å². The molecule has 0 spiro atoms. The predicted molar refractivity (Wildman–Crippen MR) is 79.8 cm³/mol. The number of amides is 1. The summed E-state index contributed by atoms with van der Waals surface area (Å²) in [5.74, 6) is -0.00697. The summed E-state index contributed by atoms with van der Waals surface area (Å²) in [4.78, 5) is 14.0. The van der Waals surface area contributed by atoms with Crippen LogP contribution in [0.5, 0.6) is 0 Å². The van der Waals surface area contributed by atoms with Crippen LogP contribution >= 0.6 is 0 Å². The molecule has 0 aliphatic heterocycles. The molecule has 1 unspecified atom stereocenters. The first-order chi connectivity index (χ1) is 8.62. The SMILES string of the molecule is Cc1ccc(CN(C)C(=O)C(N)C(C)(C)C)c(C)c1. The number of nitrogens with two attached hydrogens (primary N) is 1. The van der Waals surface area contributed by atoms with Crippen LogP contribution in [0.4, 0.5) is 0 Å². The van der Waals surface area contributed by atoms with E-state index in [2.05, 4.69) is 32.0 Å². The molecule has 0 bridgehead atoms. The van der Waals surface area contributed by atoms with Crippen molar-refractivity contribution in [2.24, 2.45) is 11.1 Å². The van der Waals surface area contributed by atoms with Gasteiger partial charge in [-0.05, 0) is 30.4 Å². The van der Waals surface area contributed by atoms with Gasteiger partial charge in [0.2, 0.25) is 5.91 Å². The summed E-state index contributed by atoms with van der Waals surface area (Å²) < 4.78 is 0. The number of rotatable bonds is 3. The van der Waals surface area contributed by atoms with Gasteiger partial charge in [0.25, 0.3) is 0 Å². The summed E-state index contributed by atoms with van der Waals surface area (Å²) >= 11 is 0. The van der Waals surface area contributed by atoms with Crippen LogP contribution < -0.4 is 5.73 Å². The molecule has 0 radical (unpaired) electrons. The first kappa shape index (κ1) is 15.7. The Morgan fingerprint density at radius 1 is 1.32 bits per heavy atom. The van der Waals surface area contributed by atoms with Gasteiger partial charge >= 0.3 is 0 Å². The third-order valence-electron chi connectivity index (χ3n) is 3.48. The summed E-state index contributed by atoms with van der Waals surface area (Å²) in [6.45, 7) is 10.7. The first-order valence-electron chi connectivity index (χ1n) is 6.69. The standard InChI is InChI=1S/C16H26N2O/c1-11-7-8-13(12(2)9-11)10-18(6)15(19)14(17)16(3,4)5/h7-9,14H,10,17H2,1-6H3.